The highest BCUT2D eigenvalue weighted by Gasteiger charge is 2.19. The first-order valence-corrected chi connectivity index (χ1v) is 8.79. The summed E-state index contributed by atoms with van der Waals surface area (Å²) in [7, 11) is 1.44. The molecule has 2 heterocycles. The van der Waals surface area contributed by atoms with Crippen LogP contribution in [0.3, 0.4) is 0 Å². The summed E-state index contributed by atoms with van der Waals surface area (Å²) >= 11 is 0. The predicted molar refractivity (Wildman–Crippen MR) is 106 cm³/mol. The molecule has 0 saturated carbocycles. The van der Waals surface area contributed by atoms with Crippen LogP contribution in [0, 0.1) is 5.82 Å². The molecule has 138 valence electrons. The van der Waals surface area contributed by atoms with Gasteiger partial charge in [0.05, 0.1) is 29.2 Å². The van der Waals surface area contributed by atoms with Gasteiger partial charge in [0.25, 0.3) is 0 Å². The van der Waals surface area contributed by atoms with Crippen molar-refractivity contribution in [1.29, 1.82) is 0 Å². The summed E-state index contributed by atoms with van der Waals surface area (Å²) in [5.41, 5.74) is 9.42. The zero-order valence-electron chi connectivity index (χ0n) is 15.2. The summed E-state index contributed by atoms with van der Waals surface area (Å²) in [6.45, 7) is 2.70. The number of aryl methyl sites for hydroxylation is 1. The van der Waals surface area contributed by atoms with Crippen molar-refractivity contribution in [2.75, 3.05) is 12.8 Å². The zero-order chi connectivity index (χ0) is 19.1. The van der Waals surface area contributed by atoms with Gasteiger partial charge >= 0.3 is 0 Å². The van der Waals surface area contributed by atoms with Gasteiger partial charge in [-0.3, -0.25) is 0 Å². The van der Waals surface area contributed by atoms with Gasteiger partial charge in [-0.1, -0.05) is 37.3 Å². The molecule has 6 heteroatoms. The third-order valence-corrected chi connectivity index (χ3v) is 4.78. The number of pyridine rings is 1. The van der Waals surface area contributed by atoms with Gasteiger partial charge in [0.2, 0.25) is 5.88 Å². The number of hydrogen-bond donors (Lipinski definition) is 2. The van der Waals surface area contributed by atoms with E-state index in [1.807, 2.05) is 25.1 Å². The molecule has 0 saturated heterocycles. The van der Waals surface area contributed by atoms with Crippen LogP contribution in [0.4, 0.5) is 10.1 Å². The molecule has 0 bridgehead atoms. The molecule has 27 heavy (non-hydrogen) atoms. The fraction of sp³-hybridized carbons (Fsp3) is 0.190. The van der Waals surface area contributed by atoms with E-state index in [0.29, 0.717) is 39.6 Å². The zero-order valence-corrected chi connectivity index (χ0v) is 15.2. The quantitative estimate of drug-likeness (QED) is 0.550. The molecule has 5 nitrogen and oxygen atoms in total. The maximum atomic E-state index is 14.2. The fourth-order valence-electron chi connectivity index (χ4n) is 3.57. The number of methoxy groups -OCH3 is 1. The van der Waals surface area contributed by atoms with Crippen molar-refractivity contribution in [3.63, 3.8) is 0 Å². The molecule has 0 fully saturated rings. The highest BCUT2D eigenvalue weighted by atomic mass is 19.1. The van der Waals surface area contributed by atoms with Crippen molar-refractivity contribution in [2.45, 2.75) is 19.9 Å². The second-order valence-electron chi connectivity index (χ2n) is 6.45. The number of aromatic nitrogens is 2. The van der Waals surface area contributed by atoms with E-state index in [-0.39, 0.29) is 11.6 Å². The second-order valence-corrected chi connectivity index (χ2v) is 6.45. The summed E-state index contributed by atoms with van der Waals surface area (Å²) in [5.74, 6) is -0.155. The van der Waals surface area contributed by atoms with Crippen LogP contribution in [0.1, 0.15) is 13.3 Å². The van der Waals surface area contributed by atoms with Gasteiger partial charge in [-0.05, 0) is 12.5 Å². The lowest BCUT2D eigenvalue weighted by Gasteiger charge is -2.13. The first kappa shape index (κ1) is 17.1. The highest BCUT2D eigenvalue weighted by Crippen LogP contribution is 2.41. The number of anilines is 1. The Hall–Kier alpha value is -3.28. The maximum Gasteiger partial charge on any atom is 0.202 e. The van der Waals surface area contributed by atoms with E-state index in [1.54, 1.807) is 22.9 Å². The number of halogens is 1. The summed E-state index contributed by atoms with van der Waals surface area (Å²) in [6, 6.07) is 10.3. The molecule has 2 aromatic heterocycles. The van der Waals surface area contributed by atoms with Gasteiger partial charge in [-0.2, -0.15) is 0 Å². The smallest absolute Gasteiger partial charge is 0.202 e. The molecule has 0 unspecified atom stereocenters. The maximum absolute atomic E-state index is 14.2. The van der Waals surface area contributed by atoms with Gasteiger partial charge in [0.15, 0.2) is 11.6 Å². The Morgan fingerprint density at radius 3 is 2.67 bits per heavy atom. The van der Waals surface area contributed by atoms with Crippen LogP contribution in [0.25, 0.3) is 32.9 Å². The standard InChI is InChI=1S/C21H20FN3O2/c1-3-10-25-11-16-17(21(25)26)18(23)14-8-4-6-12(19(14)24-16)13-7-5-9-15(22)20(13)27-2/h4-9,11,26H,3,10,23H2,1-2H3. The van der Waals surface area contributed by atoms with Crippen molar-refractivity contribution in [1.82, 2.24) is 9.55 Å². The molecule has 0 aliphatic carbocycles. The van der Waals surface area contributed by atoms with E-state index < -0.39 is 5.82 Å². The van der Waals surface area contributed by atoms with E-state index in [2.05, 4.69) is 0 Å². The number of benzene rings is 2. The Bertz CT molecular complexity index is 1170. The molecule has 0 aliphatic heterocycles. The van der Waals surface area contributed by atoms with Crippen LogP contribution >= 0.6 is 0 Å². The largest absolute Gasteiger partial charge is 0.494 e. The average molecular weight is 365 g/mol. The third kappa shape index (κ3) is 2.56. The first-order chi connectivity index (χ1) is 13.1. The van der Waals surface area contributed by atoms with Crippen LogP contribution in [-0.4, -0.2) is 21.8 Å². The van der Waals surface area contributed by atoms with Gasteiger partial charge < -0.3 is 20.1 Å². The number of nitrogen functional groups attached to an aromatic ring is 1. The number of hydrogen-bond acceptors (Lipinski definition) is 4. The Kier molecular flexibility index (Phi) is 4.11. The van der Waals surface area contributed by atoms with E-state index in [0.717, 1.165) is 12.0 Å². The minimum absolute atomic E-state index is 0.118. The van der Waals surface area contributed by atoms with Crippen LogP contribution in [0.15, 0.2) is 42.6 Å². The molecule has 3 N–H and O–H groups in total. The third-order valence-electron chi connectivity index (χ3n) is 4.78. The van der Waals surface area contributed by atoms with E-state index in [4.69, 9.17) is 15.5 Å². The molecule has 0 radical (unpaired) electrons. The van der Waals surface area contributed by atoms with Crippen LogP contribution in [0.5, 0.6) is 11.6 Å². The summed E-state index contributed by atoms with van der Waals surface area (Å²) in [5, 5.41) is 11.8. The number of nitrogens with two attached hydrogens (primary N) is 1. The Morgan fingerprint density at radius 2 is 1.93 bits per heavy atom. The minimum atomic E-state index is -0.437. The number of aromatic hydroxyl groups is 1. The summed E-state index contributed by atoms with van der Waals surface area (Å²) in [4.78, 5) is 4.74. The van der Waals surface area contributed by atoms with Crippen LogP contribution < -0.4 is 10.5 Å². The fourth-order valence-corrected chi connectivity index (χ4v) is 3.57. The number of nitrogens with zero attached hydrogens (tertiary/aromatic N) is 2. The van der Waals surface area contributed by atoms with Crippen molar-refractivity contribution >= 4 is 27.5 Å². The molecular formula is C21H20FN3O2. The lowest BCUT2D eigenvalue weighted by molar-refractivity contribution is 0.388. The van der Waals surface area contributed by atoms with E-state index >= 15 is 0 Å². The molecule has 2 aromatic carbocycles. The Morgan fingerprint density at radius 1 is 1.19 bits per heavy atom. The molecule has 0 spiro atoms. The van der Waals surface area contributed by atoms with Crippen molar-refractivity contribution in [3.05, 3.63) is 48.4 Å². The van der Waals surface area contributed by atoms with Gasteiger partial charge in [-0.15, -0.1) is 0 Å². The molecule has 0 aliphatic rings. The molecule has 4 aromatic rings. The van der Waals surface area contributed by atoms with Crippen molar-refractivity contribution in [3.8, 4) is 22.8 Å². The SMILES string of the molecule is CCCn1cc2nc3c(-c4cccc(F)c4OC)cccc3c(N)c2c1O. The number of para-hydroxylation sites is 2. The average Bonchev–Trinajstić information content (AvgIpc) is 2.97. The minimum Gasteiger partial charge on any atom is -0.494 e. The monoisotopic (exact) mass is 365 g/mol. The van der Waals surface area contributed by atoms with Gasteiger partial charge in [0, 0.05) is 29.3 Å². The Balaban J connectivity index is 2.07. The van der Waals surface area contributed by atoms with E-state index in [1.165, 1.54) is 13.2 Å². The molecule has 0 amide bonds. The highest BCUT2D eigenvalue weighted by molar-refractivity contribution is 6.12. The summed E-state index contributed by atoms with van der Waals surface area (Å²) < 4.78 is 21.2. The predicted octanol–water partition coefficient (Wildman–Crippen LogP) is 4.70. The van der Waals surface area contributed by atoms with Gasteiger partial charge in [0.1, 0.15) is 0 Å². The van der Waals surface area contributed by atoms with Gasteiger partial charge in [-0.25, -0.2) is 9.37 Å². The normalized spacial score (nSPS) is 11.4. The van der Waals surface area contributed by atoms with Crippen molar-refractivity contribution < 1.29 is 14.2 Å². The topological polar surface area (TPSA) is 73.3 Å². The number of ether oxygens (including phenoxy) is 1. The van der Waals surface area contributed by atoms with Crippen molar-refractivity contribution in [2.24, 2.45) is 0 Å². The molecule has 0 atom stereocenters. The first-order valence-electron chi connectivity index (χ1n) is 8.79. The molecular weight excluding hydrogens is 345 g/mol. The number of rotatable bonds is 4. The van der Waals surface area contributed by atoms with Crippen LogP contribution in [0.2, 0.25) is 0 Å². The van der Waals surface area contributed by atoms with E-state index in [9.17, 15) is 9.50 Å². The summed E-state index contributed by atoms with van der Waals surface area (Å²) in [6.07, 6.45) is 2.67. The molecule has 4 rings (SSSR count). The van der Waals surface area contributed by atoms with Crippen LogP contribution in [-0.2, 0) is 6.54 Å². The lowest BCUT2D eigenvalue weighted by Crippen LogP contribution is -1.96. The Labute approximate surface area is 155 Å². The second kappa shape index (κ2) is 6.46. The number of fused-ring (bicyclic) bond motifs is 2. The lowest BCUT2D eigenvalue weighted by atomic mass is 9.99.